The molecule has 6 heteroatoms. The van der Waals surface area contributed by atoms with Crippen LogP contribution in [0.4, 0.5) is 22.7 Å². The molecule has 2 aromatic heterocycles. The van der Waals surface area contributed by atoms with Gasteiger partial charge in [-0.15, -0.1) is 0 Å². The van der Waals surface area contributed by atoms with Crippen LogP contribution < -0.4 is 14.6 Å². The van der Waals surface area contributed by atoms with Crippen molar-refractivity contribution in [2.45, 2.75) is 19.3 Å². The number of para-hydroxylation sites is 2. The van der Waals surface area contributed by atoms with Crippen LogP contribution in [0.25, 0.3) is 38.6 Å². The summed E-state index contributed by atoms with van der Waals surface area (Å²) in [6, 6.07) is 52.3. The first-order chi connectivity index (χ1) is 24.5. The van der Waals surface area contributed by atoms with E-state index in [1.54, 1.807) is 0 Å². The largest absolute Gasteiger partial charge is 0.309 e. The van der Waals surface area contributed by atoms with E-state index in [2.05, 4.69) is 106 Å². The van der Waals surface area contributed by atoms with Gasteiger partial charge >= 0.3 is 7.44 Å². The van der Waals surface area contributed by atoms with Gasteiger partial charge in [0.1, 0.15) is 0 Å². The summed E-state index contributed by atoms with van der Waals surface area (Å²) >= 11 is 0. The number of anilines is 4. The van der Waals surface area contributed by atoms with E-state index in [0.717, 1.165) is 50.2 Å². The maximum absolute atomic E-state index is 16.1. The zero-order valence-corrected chi connectivity index (χ0v) is 28.6. The lowest BCUT2D eigenvalue weighted by Crippen LogP contribution is -2.26. The average molecular weight is 665 g/mol. The lowest BCUT2D eigenvalue weighted by molar-refractivity contribution is 0.582. The normalized spacial score (nSPS) is 17.2. The molecule has 50 heavy (non-hydrogen) atoms. The third-order valence-electron chi connectivity index (χ3n) is 10.6. The van der Waals surface area contributed by atoms with E-state index in [9.17, 15) is 0 Å². The van der Waals surface area contributed by atoms with Gasteiger partial charge in [-0.3, -0.25) is 18.9 Å². The highest BCUT2D eigenvalue weighted by molar-refractivity contribution is 7.76. The van der Waals surface area contributed by atoms with Gasteiger partial charge in [0.25, 0.3) is 0 Å². The molecule has 3 heterocycles. The maximum Gasteiger partial charge on any atom is 0.301 e. The van der Waals surface area contributed by atoms with E-state index < -0.39 is 7.44 Å². The Morgan fingerprint density at radius 3 is 1.90 bits per heavy atom. The Kier molecular flexibility index (Phi) is 6.13. The molecule has 1 unspecified atom stereocenters. The van der Waals surface area contributed by atoms with Gasteiger partial charge < -0.3 is 4.57 Å². The second kappa shape index (κ2) is 10.5. The summed E-state index contributed by atoms with van der Waals surface area (Å²) in [6.07, 6.45) is 3.85. The lowest BCUT2D eigenvalue weighted by atomic mass is 9.82. The fraction of sp³-hybridized carbons (Fsp3) is 0.0682. The highest BCUT2D eigenvalue weighted by Crippen LogP contribution is 2.70. The van der Waals surface area contributed by atoms with Crippen molar-refractivity contribution in [3.8, 4) is 16.8 Å². The number of hydrogen-bond donors (Lipinski definition) is 0. The first-order valence-electron chi connectivity index (χ1n) is 17.0. The molecule has 0 N–H and O–H groups in total. The van der Waals surface area contributed by atoms with Crippen LogP contribution in [-0.2, 0) is 9.98 Å². The van der Waals surface area contributed by atoms with E-state index in [0.29, 0.717) is 0 Å². The summed E-state index contributed by atoms with van der Waals surface area (Å²) in [6.45, 7) is 4.65. The molecule has 0 spiro atoms. The van der Waals surface area contributed by atoms with Gasteiger partial charge in [0, 0.05) is 45.6 Å². The summed E-state index contributed by atoms with van der Waals surface area (Å²) < 4.78 is 22.6. The van der Waals surface area contributed by atoms with Crippen molar-refractivity contribution >= 4 is 57.3 Å². The molecular weight excluding hydrogens is 631 g/mol. The van der Waals surface area contributed by atoms with Crippen LogP contribution in [0.2, 0.25) is 0 Å². The Hall–Kier alpha value is -5.90. The van der Waals surface area contributed by atoms with Crippen molar-refractivity contribution in [3.05, 3.63) is 175 Å². The highest BCUT2D eigenvalue weighted by Gasteiger charge is 2.49. The van der Waals surface area contributed by atoms with E-state index in [-0.39, 0.29) is 5.41 Å². The van der Waals surface area contributed by atoms with Gasteiger partial charge in [-0.05, 0) is 95.1 Å². The zero-order valence-electron chi connectivity index (χ0n) is 27.7. The predicted octanol–water partition coefficient (Wildman–Crippen LogP) is 11.3. The van der Waals surface area contributed by atoms with Crippen molar-refractivity contribution < 1.29 is 4.57 Å². The van der Waals surface area contributed by atoms with Crippen molar-refractivity contribution in [2.24, 2.45) is 0 Å². The molecule has 0 saturated carbocycles. The molecule has 0 fully saturated rings. The van der Waals surface area contributed by atoms with E-state index in [4.69, 9.17) is 0 Å². The highest BCUT2D eigenvalue weighted by atomic mass is 31.2. The first-order valence-corrected chi connectivity index (χ1v) is 18.6. The predicted molar refractivity (Wildman–Crippen MR) is 207 cm³/mol. The first kappa shape index (κ1) is 29.1. The zero-order chi connectivity index (χ0) is 33.6. The topological polar surface area (TPSA) is 41.4 Å². The van der Waals surface area contributed by atoms with Gasteiger partial charge in [-0.2, -0.15) is 0 Å². The molecule has 6 aromatic carbocycles. The van der Waals surface area contributed by atoms with Crippen LogP contribution in [0.5, 0.6) is 0 Å². The molecule has 0 saturated heterocycles. The number of pyridine rings is 1. The average Bonchev–Trinajstić information content (AvgIpc) is 3.72. The third-order valence-corrected chi connectivity index (χ3v) is 13.5. The van der Waals surface area contributed by atoms with Gasteiger partial charge in [0.05, 0.1) is 27.7 Å². The van der Waals surface area contributed by atoms with E-state index in [1.165, 1.54) is 27.6 Å². The number of aromatic nitrogens is 2. The van der Waals surface area contributed by atoms with E-state index in [1.807, 2.05) is 91.3 Å². The van der Waals surface area contributed by atoms with Crippen molar-refractivity contribution in [2.75, 3.05) is 9.34 Å². The number of nitrogens with zero attached hydrogens (tertiary/aromatic N) is 4. The number of fused-ring (bicyclic) bond motifs is 7. The minimum Gasteiger partial charge on any atom is -0.309 e. The summed E-state index contributed by atoms with van der Waals surface area (Å²) in [5.74, 6) is 0. The van der Waals surface area contributed by atoms with Gasteiger partial charge in [-0.25, -0.2) is 0 Å². The van der Waals surface area contributed by atoms with Crippen LogP contribution in [0.1, 0.15) is 25.0 Å². The Morgan fingerprint density at radius 1 is 0.540 bits per heavy atom. The summed E-state index contributed by atoms with van der Waals surface area (Å²) in [5, 5.41) is 3.04. The molecule has 0 bridgehead atoms. The Morgan fingerprint density at radius 2 is 1.18 bits per heavy atom. The molecular formula is C44H33N4OP. The SMILES string of the molecule is CC1(C)c2ccccc2-c2cc3c4cnccc4n(-c4ccc5c(c4)N(c4ccccc4)P(=O)(c4ccccc4)N5c4ccccc4)c3cc21. The van der Waals surface area contributed by atoms with Crippen LogP contribution >= 0.6 is 7.44 Å². The van der Waals surface area contributed by atoms with E-state index >= 15 is 4.57 Å². The van der Waals surface area contributed by atoms with Gasteiger partial charge in [0.15, 0.2) is 0 Å². The van der Waals surface area contributed by atoms with Crippen molar-refractivity contribution in [1.29, 1.82) is 0 Å². The Balaban J connectivity index is 1.26. The second-order valence-corrected chi connectivity index (χ2v) is 16.1. The van der Waals surface area contributed by atoms with Crippen molar-refractivity contribution in [3.63, 3.8) is 0 Å². The third kappa shape index (κ3) is 3.90. The molecule has 0 amide bonds. The van der Waals surface area contributed by atoms with Crippen LogP contribution in [0.15, 0.2) is 164 Å². The summed E-state index contributed by atoms with van der Waals surface area (Å²) in [7, 11) is -3.48. The molecule has 10 rings (SSSR count). The number of hydrogen-bond acceptors (Lipinski definition) is 2. The molecule has 5 nitrogen and oxygen atoms in total. The molecule has 0 radical (unpaired) electrons. The minimum atomic E-state index is -3.48. The monoisotopic (exact) mass is 664 g/mol. The standard InChI is InChI=1S/C44H33N4OP/c1-44(2)38-21-13-12-20-34(38)35-27-36-37-29-45-25-24-40(37)46(42(36)28-39(35)44)32-22-23-41-43(26-32)48(31-16-8-4-9-17-31)50(49,33-18-10-5-11-19-33)47(41)30-14-6-3-7-15-30/h3-29H,1-2H3. The fourth-order valence-corrected chi connectivity index (χ4v) is 11.3. The lowest BCUT2D eigenvalue weighted by Gasteiger charge is -2.33. The molecule has 1 aliphatic heterocycles. The summed E-state index contributed by atoms with van der Waals surface area (Å²) in [5.41, 5.74) is 11.9. The fourth-order valence-electron chi connectivity index (χ4n) is 8.30. The van der Waals surface area contributed by atoms with Gasteiger partial charge in [0.2, 0.25) is 0 Å². The quantitative estimate of drug-likeness (QED) is 0.176. The number of rotatable bonds is 4. The Labute approximate surface area is 291 Å². The van der Waals surface area contributed by atoms with Gasteiger partial charge in [-0.1, -0.05) is 92.7 Å². The van der Waals surface area contributed by atoms with Crippen LogP contribution in [0.3, 0.4) is 0 Å². The van der Waals surface area contributed by atoms with Crippen LogP contribution in [0, 0.1) is 0 Å². The molecule has 1 atom stereocenters. The molecule has 1 aliphatic carbocycles. The smallest absolute Gasteiger partial charge is 0.301 e. The summed E-state index contributed by atoms with van der Waals surface area (Å²) in [4.78, 5) is 4.58. The van der Waals surface area contributed by atoms with Crippen molar-refractivity contribution in [1.82, 2.24) is 9.55 Å². The maximum atomic E-state index is 16.1. The minimum absolute atomic E-state index is 0.139. The Bertz CT molecular complexity index is 2670. The van der Waals surface area contributed by atoms with Crippen LogP contribution in [-0.4, -0.2) is 9.55 Å². The molecule has 2 aliphatic rings. The number of benzene rings is 6. The molecule has 240 valence electrons. The molecule has 8 aromatic rings. The second-order valence-electron chi connectivity index (χ2n) is 13.7.